The van der Waals surface area contributed by atoms with Crippen LogP contribution in [0.3, 0.4) is 0 Å². The zero-order valence-corrected chi connectivity index (χ0v) is 11.9. The van der Waals surface area contributed by atoms with E-state index in [2.05, 4.69) is 10.3 Å². The highest BCUT2D eigenvalue weighted by Gasteiger charge is 2.38. The molecule has 0 radical (unpaired) electrons. The first-order chi connectivity index (χ1) is 10.6. The number of rotatable bonds is 2. The van der Waals surface area contributed by atoms with Crippen LogP contribution in [-0.4, -0.2) is 17.6 Å². The van der Waals surface area contributed by atoms with Crippen LogP contribution in [0.5, 0.6) is 0 Å². The van der Waals surface area contributed by atoms with Gasteiger partial charge in [0, 0.05) is 23.5 Å². The first-order valence-corrected chi connectivity index (χ1v) is 7.18. The van der Waals surface area contributed by atoms with Crippen molar-refractivity contribution >= 4 is 10.9 Å². The SMILES string of the molecule is FC(F)(F)c1cc(C(F)(F)F)c2[nH]c(C[C@@H]3CCCN3)cc2c1. The molecule has 3 rings (SSSR count). The minimum Gasteiger partial charge on any atom is -0.358 e. The number of benzene rings is 1. The van der Waals surface area contributed by atoms with E-state index in [1.54, 1.807) is 0 Å². The first-order valence-electron chi connectivity index (χ1n) is 7.18. The summed E-state index contributed by atoms with van der Waals surface area (Å²) in [6, 6.07) is 2.43. The first kappa shape index (κ1) is 16.2. The lowest BCUT2D eigenvalue weighted by Crippen LogP contribution is -2.23. The Balaban J connectivity index is 2.08. The lowest BCUT2D eigenvalue weighted by atomic mass is 10.1. The van der Waals surface area contributed by atoms with Crippen molar-refractivity contribution < 1.29 is 26.3 Å². The van der Waals surface area contributed by atoms with Gasteiger partial charge in [-0.1, -0.05) is 0 Å². The molecule has 1 atom stereocenters. The van der Waals surface area contributed by atoms with Crippen molar-refractivity contribution in [2.24, 2.45) is 0 Å². The topological polar surface area (TPSA) is 27.8 Å². The molecule has 2 heterocycles. The van der Waals surface area contributed by atoms with E-state index in [1.165, 1.54) is 6.07 Å². The number of fused-ring (bicyclic) bond motifs is 1. The Kier molecular flexibility index (Phi) is 3.82. The molecule has 0 amide bonds. The molecule has 0 aliphatic carbocycles. The summed E-state index contributed by atoms with van der Waals surface area (Å²) in [6.07, 6.45) is -7.33. The summed E-state index contributed by atoms with van der Waals surface area (Å²) < 4.78 is 77.8. The lowest BCUT2D eigenvalue weighted by Gasteiger charge is -2.12. The molecule has 0 saturated carbocycles. The third-order valence-corrected chi connectivity index (χ3v) is 4.05. The largest absolute Gasteiger partial charge is 0.418 e. The second-order valence-corrected chi connectivity index (χ2v) is 5.78. The third-order valence-electron chi connectivity index (χ3n) is 4.05. The summed E-state index contributed by atoms with van der Waals surface area (Å²) in [5.41, 5.74) is -2.36. The van der Waals surface area contributed by atoms with E-state index in [9.17, 15) is 26.3 Å². The Morgan fingerprint density at radius 3 is 2.30 bits per heavy atom. The average molecular weight is 336 g/mol. The van der Waals surface area contributed by atoms with Crippen LogP contribution < -0.4 is 5.32 Å². The predicted molar refractivity (Wildman–Crippen MR) is 73.0 cm³/mol. The van der Waals surface area contributed by atoms with Gasteiger partial charge in [-0.15, -0.1) is 0 Å². The van der Waals surface area contributed by atoms with E-state index >= 15 is 0 Å². The van der Waals surface area contributed by atoms with Gasteiger partial charge in [0.2, 0.25) is 0 Å². The molecule has 1 aromatic heterocycles. The summed E-state index contributed by atoms with van der Waals surface area (Å²) in [6.45, 7) is 0.844. The van der Waals surface area contributed by atoms with Crippen LogP contribution in [0, 0.1) is 0 Å². The van der Waals surface area contributed by atoms with Crippen molar-refractivity contribution in [3.8, 4) is 0 Å². The van der Waals surface area contributed by atoms with Gasteiger partial charge >= 0.3 is 12.4 Å². The van der Waals surface area contributed by atoms with Gasteiger partial charge in [0.1, 0.15) is 0 Å². The van der Waals surface area contributed by atoms with E-state index in [4.69, 9.17) is 0 Å². The highest BCUT2D eigenvalue weighted by molar-refractivity contribution is 5.85. The van der Waals surface area contributed by atoms with E-state index < -0.39 is 23.5 Å². The fraction of sp³-hybridized carbons (Fsp3) is 0.467. The number of H-pyrrole nitrogens is 1. The van der Waals surface area contributed by atoms with Gasteiger partial charge in [-0.25, -0.2) is 0 Å². The molecule has 1 aliphatic heterocycles. The average Bonchev–Trinajstić information content (AvgIpc) is 3.03. The normalized spacial score (nSPS) is 19.7. The molecule has 1 fully saturated rings. The molecular formula is C15H14F6N2. The van der Waals surface area contributed by atoms with Crippen molar-refractivity contribution in [3.63, 3.8) is 0 Å². The number of aromatic amines is 1. The summed E-state index contributed by atoms with van der Waals surface area (Å²) in [7, 11) is 0. The fourth-order valence-corrected chi connectivity index (χ4v) is 3.00. The highest BCUT2D eigenvalue weighted by atomic mass is 19.4. The number of nitrogens with one attached hydrogen (secondary N) is 2. The standard InChI is InChI=1S/C15H14F6N2/c16-14(17,18)9-4-8-5-11(7-10-2-1-3-22-10)23-13(8)12(6-9)15(19,20)21/h4-6,10,22-23H,1-3,7H2/t10-/m0/s1. The molecule has 8 heteroatoms. The van der Waals surface area contributed by atoms with Crippen molar-refractivity contribution in [1.29, 1.82) is 0 Å². The molecule has 0 spiro atoms. The minimum atomic E-state index is -4.85. The molecular weight excluding hydrogens is 322 g/mol. The number of alkyl halides is 6. The summed E-state index contributed by atoms with van der Waals surface area (Å²) in [4.78, 5) is 2.65. The zero-order valence-electron chi connectivity index (χ0n) is 11.9. The van der Waals surface area contributed by atoms with Gasteiger partial charge in [-0.2, -0.15) is 26.3 Å². The summed E-state index contributed by atoms with van der Waals surface area (Å²) >= 11 is 0. The van der Waals surface area contributed by atoms with Gasteiger partial charge in [-0.3, -0.25) is 0 Å². The minimum absolute atomic E-state index is 0.0693. The van der Waals surface area contributed by atoms with Crippen molar-refractivity contribution in [3.05, 3.63) is 35.0 Å². The van der Waals surface area contributed by atoms with Crippen LogP contribution in [0.25, 0.3) is 10.9 Å². The third kappa shape index (κ3) is 3.31. The maximum atomic E-state index is 13.1. The van der Waals surface area contributed by atoms with E-state index in [0.717, 1.165) is 25.5 Å². The highest BCUT2D eigenvalue weighted by Crippen LogP contribution is 2.40. The van der Waals surface area contributed by atoms with Crippen LogP contribution in [0.4, 0.5) is 26.3 Å². The number of hydrogen-bond donors (Lipinski definition) is 2. The van der Waals surface area contributed by atoms with Crippen molar-refractivity contribution in [1.82, 2.24) is 10.3 Å². The Bertz CT molecular complexity index is 707. The van der Waals surface area contributed by atoms with Gasteiger partial charge in [-0.05, 0) is 37.6 Å². The second-order valence-electron chi connectivity index (χ2n) is 5.78. The Hall–Kier alpha value is -1.70. The Morgan fingerprint density at radius 2 is 1.74 bits per heavy atom. The Labute approximate surface area is 127 Å². The molecule has 2 nitrogen and oxygen atoms in total. The smallest absolute Gasteiger partial charge is 0.358 e. The van der Waals surface area contributed by atoms with Crippen molar-refractivity contribution in [2.75, 3.05) is 6.54 Å². The van der Waals surface area contributed by atoms with Crippen molar-refractivity contribution in [2.45, 2.75) is 37.7 Å². The zero-order chi connectivity index (χ0) is 16.8. The van der Waals surface area contributed by atoms with Crippen LogP contribution >= 0.6 is 0 Å². The van der Waals surface area contributed by atoms with E-state index in [0.29, 0.717) is 12.1 Å². The maximum Gasteiger partial charge on any atom is 0.418 e. The molecule has 0 unspecified atom stereocenters. The maximum absolute atomic E-state index is 13.1. The van der Waals surface area contributed by atoms with Gasteiger partial charge in [0.15, 0.2) is 0 Å². The lowest BCUT2D eigenvalue weighted by molar-refractivity contribution is -0.142. The summed E-state index contributed by atoms with van der Waals surface area (Å²) in [5, 5.41) is 3.14. The molecule has 2 N–H and O–H groups in total. The summed E-state index contributed by atoms with van der Waals surface area (Å²) in [5.74, 6) is 0. The predicted octanol–water partition coefficient (Wildman–Crippen LogP) is 4.50. The Morgan fingerprint density at radius 1 is 1.00 bits per heavy atom. The van der Waals surface area contributed by atoms with Crippen LogP contribution in [0.1, 0.15) is 29.7 Å². The fourth-order valence-electron chi connectivity index (χ4n) is 3.00. The molecule has 1 saturated heterocycles. The number of hydrogen-bond acceptors (Lipinski definition) is 1. The van der Waals surface area contributed by atoms with Crippen LogP contribution in [0.15, 0.2) is 18.2 Å². The molecule has 1 aliphatic rings. The van der Waals surface area contributed by atoms with Gasteiger partial charge in [0.05, 0.1) is 16.6 Å². The second kappa shape index (κ2) is 5.43. The van der Waals surface area contributed by atoms with Crippen LogP contribution in [0.2, 0.25) is 0 Å². The number of aromatic nitrogens is 1. The molecule has 0 bridgehead atoms. The molecule has 23 heavy (non-hydrogen) atoms. The van der Waals surface area contributed by atoms with Crippen LogP contribution in [-0.2, 0) is 18.8 Å². The monoisotopic (exact) mass is 336 g/mol. The van der Waals surface area contributed by atoms with E-state index in [-0.39, 0.29) is 23.0 Å². The van der Waals surface area contributed by atoms with Gasteiger partial charge in [0.25, 0.3) is 0 Å². The van der Waals surface area contributed by atoms with E-state index in [1.807, 2.05) is 0 Å². The molecule has 2 aromatic rings. The van der Waals surface area contributed by atoms with Gasteiger partial charge < -0.3 is 10.3 Å². The quantitative estimate of drug-likeness (QED) is 0.777. The molecule has 1 aromatic carbocycles. The molecule has 126 valence electrons. The number of halogens is 6.